The van der Waals surface area contributed by atoms with Gasteiger partial charge in [-0.3, -0.25) is 9.52 Å². The maximum Gasteiger partial charge on any atom is 0.271 e. The predicted molar refractivity (Wildman–Crippen MR) is 121 cm³/mol. The molecule has 0 bridgehead atoms. The second-order valence-corrected chi connectivity index (χ2v) is 8.46. The van der Waals surface area contributed by atoms with E-state index in [4.69, 9.17) is 16.3 Å². The standard InChI is InChI=1S/C22H20ClN3O4S/c1-2-30-20-11-3-16(4-12-20)15-24-25-22(27)17-5-9-19(10-6-17)26-31(28,29)21-13-7-18(23)8-14-21/h3-15,26H,2H2,1H3,(H,25,27)/b24-15-. The van der Waals surface area contributed by atoms with Crippen LogP contribution in [0.25, 0.3) is 0 Å². The lowest BCUT2D eigenvalue weighted by molar-refractivity contribution is 0.0955. The predicted octanol–water partition coefficient (Wildman–Crippen LogP) is 4.30. The van der Waals surface area contributed by atoms with Crippen molar-refractivity contribution in [1.82, 2.24) is 5.43 Å². The average Bonchev–Trinajstić information content (AvgIpc) is 2.76. The molecule has 3 aromatic rings. The van der Waals surface area contributed by atoms with Crippen LogP contribution in [0.2, 0.25) is 5.02 Å². The summed E-state index contributed by atoms with van der Waals surface area (Å²) in [5.74, 6) is 0.338. The van der Waals surface area contributed by atoms with E-state index in [0.29, 0.717) is 22.9 Å². The SMILES string of the molecule is CCOc1ccc(/C=N\NC(=O)c2ccc(NS(=O)(=O)c3ccc(Cl)cc3)cc2)cc1. The summed E-state index contributed by atoms with van der Waals surface area (Å²) in [6.45, 7) is 2.50. The van der Waals surface area contributed by atoms with Crippen molar-refractivity contribution in [3.8, 4) is 5.75 Å². The molecule has 7 nitrogen and oxygen atoms in total. The third-order valence-corrected chi connectivity index (χ3v) is 5.74. The second-order valence-electron chi connectivity index (χ2n) is 6.34. The number of ether oxygens (including phenoxy) is 1. The Kier molecular flexibility index (Phi) is 7.28. The van der Waals surface area contributed by atoms with Gasteiger partial charge in [-0.15, -0.1) is 0 Å². The number of hydrogen-bond donors (Lipinski definition) is 2. The number of benzene rings is 3. The van der Waals surface area contributed by atoms with Crippen LogP contribution >= 0.6 is 11.6 Å². The molecule has 0 aliphatic heterocycles. The monoisotopic (exact) mass is 457 g/mol. The number of nitrogens with zero attached hydrogens (tertiary/aromatic N) is 1. The number of nitrogens with one attached hydrogen (secondary N) is 2. The maximum atomic E-state index is 12.4. The molecule has 31 heavy (non-hydrogen) atoms. The minimum atomic E-state index is -3.76. The summed E-state index contributed by atoms with van der Waals surface area (Å²) in [4.78, 5) is 12.3. The van der Waals surface area contributed by atoms with Gasteiger partial charge >= 0.3 is 0 Å². The van der Waals surface area contributed by atoms with E-state index in [1.807, 2.05) is 31.2 Å². The van der Waals surface area contributed by atoms with Gasteiger partial charge in [-0.25, -0.2) is 13.8 Å². The van der Waals surface area contributed by atoms with Gasteiger partial charge in [-0.1, -0.05) is 11.6 Å². The Labute approximate surface area is 185 Å². The summed E-state index contributed by atoms with van der Waals surface area (Å²) in [5.41, 5.74) is 3.89. The van der Waals surface area contributed by atoms with Crippen molar-refractivity contribution in [3.05, 3.63) is 88.9 Å². The number of carbonyl (C=O) groups excluding carboxylic acids is 1. The molecule has 2 N–H and O–H groups in total. The van der Waals surface area contributed by atoms with E-state index < -0.39 is 15.9 Å². The Hall–Kier alpha value is -3.36. The Morgan fingerprint density at radius 3 is 2.26 bits per heavy atom. The second kappa shape index (κ2) is 10.1. The van der Waals surface area contributed by atoms with Crippen molar-refractivity contribution in [1.29, 1.82) is 0 Å². The zero-order valence-corrected chi connectivity index (χ0v) is 18.2. The molecular formula is C22H20ClN3O4S. The van der Waals surface area contributed by atoms with E-state index in [-0.39, 0.29) is 4.90 Å². The first-order valence-corrected chi connectivity index (χ1v) is 11.2. The van der Waals surface area contributed by atoms with Crippen LogP contribution in [0.5, 0.6) is 5.75 Å². The summed E-state index contributed by atoms with van der Waals surface area (Å²) >= 11 is 5.79. The summed E-state index contributed by atoms with van der Waals surface area (Å²) < 4.78 is 32.6. The van der Waals surface area contributed by atoms with Gasteiger partial charge < -0.3 is 4.74 Å². The molecule has 0 aromatic heterocycles. The molecule has 0 saturated heterocycles. The molecule has 0 fully saturated rings. The Bertz CT molecular complexity index is 1160. The van der Waals surface area contributed by atoms with Gasteiger partial charge in [0.15, 0.2) is 0 Å². The fraction of sp³-hybridized carbons (Fsp3) is 0.0909. The van der Waals surface area contributed by atoms with E-state index in [2.05, 4.69) is 15.2 Å². The summed E-state index contributed by atoms with van der Waals surface area (Å²) in [6.07, 6.45) is 1.52. The van der Waals surface area contributed by atoms with E-state index >= 15 is 0 Å². The highest BCUT2D eigenvalue weighted by Crippen LogP contribution is 2.19. The molecule has 0 atom stereocenters. The Morgan fingerprint density at radius 2 is 1.65 bits per heavy atom. The van der Waals surface area contributed by atoms with Gasteiger partial charge in [0.2, 0.25) is 0 Å². The normalized spacial score (nSPS) is 11.3. The molecule has 0 unspecified atom stereocenters. The molecule has 160 valence electrons. The zero-order chi connectivity index (χ0) is 22.3. The fourth-order valence-electron chi connectivity index (χ4n) is 2.56. The lowest BCUT2D eigenvalue weighted by atomic mass is 10.2. The molecule has 0 saturated carbocycles. The number of carbonyl (C=O) groups is 1. The van der Waals surface area contributed by atoms with Gasteiger partial charge in [-0.05, 0) is 85.3 Å². The first kappa shape index (κ1) is 22.3. The first-order chi connectivity index (χ1) is 14.9. The van der Waals surface area contributed by atoms with Gasteiger partial charge in [0.1, 0.15) is 5.75 Å². The van der Waals surface area contributed by atoms with Gasteiger partial charge in [-0.2, -0.15) is 5.10 Å². The topological polar surface area (TPSA) is 96.9 Å². The highest BCUT2D eigenvalue weighted by molar-refractivity contribution is 7.92. The zero-order valence-electron chi connectivity index (χ0n) is 16.6. The van der Waals surface area contributed by atoms with Gasteiger partial charge in [0.25, 0.3) is 15.9 Å². The van der Waals surface area contributed by atoms with Crippen molar-refractivity contribution < 1.29 is 17.9 Å². The van der Waals surface area contributed by atoms with E-state index in [1.54, 1.807) is 0 Å². The van der Waals surface area contributed by atoms with Crippen LogP contribution in [0.15, 0.2) is 82.8 Å². The van der Waals surface area contributed by atoms with E-state index in [0.717, 1.165) is 11.3 Å². The number of hydrogen-bond acceptors (Lipinski definition) is 5. The van der Waals surface area contributed by atoms with Crippen LogP contribution in [0.4, 0.5) is 5.69 Å². The van der Waals surface area contributed by atoms with Crippen LogP contribution in [0.1, 0.15) is 22.8 Å². The molecule has 3 aromatic carbocycles. The van der Waals surface area contributed by atoms with Crippen LogP contribution in [0, 0.1) is 0 Å². The quantitative estimate of drug-likeness (QED) is 0.389. The molecule has 3 rings (SSSR count). The van der Waals surface area contributed by atoms with E-state index in [9.17, 15) is 13.2 Å². The maximum absolute atomic E-state index is 12.4. The van der Waals surface area contributed by atoms with Crippen LogP contribution in [0.3, 0.4) is 0 Å². The molecule has 0 radical (unpaired) electrons. The van der Waals surface area contributed by atoms with Crippen molar-refractivity contribution in [2.45, 2.75) is 11.8 Å². The molecule has 0 aliphatic rings. The smallest absolute Gasteiger partial charge is 0.271 e. The average molecular weight is 458 g/mol. The molecule has 0 heterocycles. The largest absolute Gasteiger partial charge is 0.494 e. The number of amides is 1. The first-order valence-electron chi connectivity index (χ1n) is 9.32. The molecule has 0 spiro atoms. The van der Waals surface area contributed by atoms with Crippen LogP contribution in [-0.2, 0) is 10.0 Å². The number of rotatable bonds is 8. The molecular weight excluding hydrogens is 438 g/mol. The number of hydrazone groups is 1. The third kappa shape index (κ3) is 6.31. The molecule has 0 aliphatic carbocycles. The van der Waals surface area contributed by atoms with Crippen molar-refractivity contribution >= 4 is 39.4 Å². The summed E-state index contributed by atoms with van der Waals surface area (Å²) in [7, 11) is -3.76. The summed E-state index contributed by atoms with van der Waals surface area (Å²) in [6, 6.07) is 19.1. The number of halogens is 1. The number of sulfonamides is 1. The van der Waals surface area contributed by atoms with Crippen LogP contribution in [-0.4, -0.2) is 27.1 Å². The Balaban J connectivity index is 1.59. The molecule has 9 heteroatoms. The van der Waals surface area contributed by atoms with Crippen molar-refractivity contribution in [2.24, 2.45) is 5.10 Å². The highest BCUT2D eigenvalue weighted by atomic mass is 35.5. The minimum absolute atomic E-state index is 0.0855. The highest BCUT2D eigenvalue weighted by Gasteiger charge is 2.14. The lowest BCUT2D eigenvalue weighted by Gasteiger charge is -2.09. The van der Waals surface area contributed by atoms with Gasteiger partial charge in [0, 0.05) is 16.3 Å². The lowest BCUT2D eigenvalue weighted by Crippen LogP contribution is -2.18. The van der Waals surface area contributed by atoms with E-state index in [1.165, 1.54) is 54.7 Å². The third-order valence-electron chi connectivity index (χ3n) is 4.09. The van der Waals surface area contributed by atoms with Crippen molar-refractivity contribution in [3.63, 3.8) is 0 Å². The van der Waals surface area contributed by atoms with Gasteiger partial charge in [0.05, 0.1) is 17.7 Å². The minimum Gasteiger partial charge on any atom is -0.494 e. The van der Waals surface area contributed by atoms with Crippen LogP contribution < -0.4 is 14.9 Å². The fourth-order valence-corrected chi connectivity index (χ4v) is 3.75. The van der Waals surface area contributed by atoms with Crippen molar-refractivity contribution in [2.75, 3.05) is 11.3 Å². The Morgan fingerprint density at radius 1 is 1.00 bits per heavy atom. The molecule has 1 amide bonds. The number of anilines is 1. The summed E-state index contributed by atoms with van der Waals surface area (Å²) in [5, 5.41) is 4.38.